The Morgan fingerprint density at radius 1 is 0.258 bits per heavy atom. The van der Waals surface area contributed by atoms with E-state index in [2.05, 4.69) is 110 Å². The molecule has 0 nitrogen and oxygen atoms in total. The first-order valence-electron chi connectivity index (χ1n) is 10.3. The lowest BCUT2D eigenvalue weighted by Crippen LogP contribution is -1.73. The Morgan fingerprint density at radius 2 is 0.452 bits per heavy atom. The Labute approximate surface area is 191 Å². The van der Waals surface area contributed by atoms with Crippen LogP contribution in [0, 0.1) is 0 Å². The molecule has 0 heterocycles. The molecule has 0 unspecified atom stereocenters. The van der Waals surface area contributed by atoms with Gasteiger partial charge in [0.1, 0.15) is 0 Å². The molecule has 0 spiro atoms. The van der Waals surface area contributed by atoms with Crippen LogP contribution in [0.3, 0.4) is 0 Å². The van der Waals surface area contributed by atoms with Gasteiger partial charge in [0, 0.05) is 4.90 Å². The first-order valence-corrected chi connectivity index (χ1v) is 10.7. The Morgan fingerprint density at radius 3 is 0.613 bits per heavy atom. The molecule has 0 aliphatic heterocycles. The van der Waals surface area contributed by atoms with Crippen LogP contribution in [0.1, 0.15) is 0 Å². The van der Waals surface area contributed by atoms with Crippen LogP contribution in [-0.2, 0) is 0 Å². The summed E-state index contributed by atoms with van der Waals surface area (Å²) in [6, 6.07) is 51.4. The Hall–Kier alpha value is -3.55. The zero-order chi connectivity index (χ0) is 21.6. The average Bonchev–Trinajstić information content (AvgIpc) is 2.87. The van der Waals surface area contributed by atoms with Crippen LogP contribution in [0.4, 0.5) is 0 Å². The largest absolute Gasteiger partial charge is 0.143 e. The number of benzene rings is 5. The van der Waals surface area contributed by atoms with Gasteiger partial charge in [-0.25, -0.2) is 0 Å². The summed E-state index contributed by atoms with van der Waals surface area (Å²) in [4.78, 5) is 1.02. The summed E-state index contributed by atoms with van der Waals surface area (Å²) in [5, 5.41) is 0. The van der Waals surface area contributed by atoms with Crippen molar-refractivity contribution in [2.75, 3.05) is 0 Å². The molecule has 0 aliphatic carbocycles. The van der Waals surface area contributed by atoms with Gasteiger partial charge in [-0.3, -0.25) is 0 Å². The summed E-state index contributed by atoms with van der Waals surface area (Å²) in [5.74, 6) is 0. The summed E-state index contributed by atoms with van der Waals surface area (Å²) in [5.41, 5.74) is 5.10. The number of thiol groups is 1. The molecule has 152 valence electrons. The average molecular weight is 419 g/mol. The lowest BCUT2D eigenvalue weighted by molar-refractivity contribution is 1.48. The molecule has 1 heteroatoms. The molecular formula is C30H26S. The van der Waals surface area contributed by atoms with Gasteiger partial charge in [0.25, 0.3) is 0 Å². The van der Waals surface area contributed by atoms with Crippen molar-refractivity contribution in [3.63, 3.8) is 0 Å². The zero-order valence-electron chi connectivity index (χ0n) is 17.4. The molecule has 0 radical (unpaired) electrons. The third-order valence-electron chi connectivity index (χ3n) is 4.52. The fraction of sp³-hybridized carbons (Fsp3) is 0. The van der Waals surface area contributed by atoms with Crippen LogP contribution in [-0.4, -0.2) is 0 Å². The van der Waals surface area contributed by atoms with E-state index in [0.29, 0.717) is 0 Å². The fourth-order valence-corrected chi connectivity index (χ4v) is 3.12. The SMILES string of the molecule is Sc1ccccc1.c1ccc(-c2ccccc2)cc1.c1ccc(-c2ccccc2)cc1. The predicted molar refractivity (Wildman–Crippen MR) is 137 cm³/mol. The molecule has 0 saturated heterocycles. The second-order valence-corrected chi connectivity index (χ2v) is 7.32. The summed E-state index contributed by atoms with van der Waals surface area (Å²) in [7, 11) is 0. The molecule has 0 bridgehead atoms. The molecule has 0 aliphatic rings. The van der Waals surface area contributed by atoms with Gasteiger partial charge in [-0.05, 0) is 34.4 Å². The van der Waals surface area contributed by atoms with E-state index in [1.54, 1.807) is 0 Å². The highest BCUT2D eigenvalue weighted by molar-refractivity contribution is 7.80. The second-order valence-electron chi connectivity index (χ2n) is 6.80. The van der Waals surface area contributed by atoms with E-state index >= 15 is 0 Å². The minimum atomic E-state index is 1.02. The summed E-state index contributed by atoms with van der Waals surface area (Å²) >= 11 is 4.08. The monoisotopic (exact) mass is 418 g/mol. The van der Waals surface area contributed by atoms with Crippen molar-refractivity contribution in [1.82, 2.24) is 0 Å². The second kappa shape index (κ2) is 12.9. The summed E-state index contributed by atoms with van der Waals surface area (Å²) in [6.07, 6.45) is 0. The van der Waals surface area contributed by atoms with E-state index in [4.69, 9.17) is 0 Å². The van der Waals surface area contributed by atoms with Gasteiger partial charge in [-0.15, -0.1) is 12.6 Å². The Bertz CT molecular complexity index is 942. The van der Waals surface area contributed by atoms with Gasteiger partial charge in [0.15, 0.2) is 0 Å². The maximum absolute atomic E-state index is 4.08. The number of rotatable bonds is 2. The standard InChI is InChI=1S/2C12H10.C6H6S/c2*1-3-7-11(8-4-1)12-9-5-2-6-10-12;7-6-4-2-1-3-5-6/h2*1-10H;1-5,7H. The highest BCUT2D eigenvalue weighted by atomic mass is 32.1. The van der Waals surface area contributed by atoms with Crippen molar-refractivity contribution >= 4 is 12.6 Å². The third-order valence-corrected chi connectivity index (χ3v) is 4.82. The van der Waals surface area contributed by atoms with Gasteiger partial charge in [-0.2, -0.15) is 0 Å². The van der Waals surface area contributed by atoms with Crippen molar-refractivity contribution in [3.05, 3.63) is 152 Å². The maximum Gasteiger partial charge on any atom is 0.00399 e. The normalized spacial score (nSPS) is 9.45. The van der Waals surface area contributed by atoms with Gasteiger partial charge >= 0.3 is 0 Å². The van der Waals surface area contributed by atoms with Gasteiger partial charge in [0.2, 0.25) is 0 Å². The van der Waals surface area contributed by atoms with Crippen LogP contribution in [0.2, 0.25) is 0 Å². The van der Waals surface area contributed by atoms with E-state index in [1.165, 1.54) is 22.3 Å². The van der Waals surface area contributed by atoms with Crippen molar-refractivity contribution in [2.24, 2.45) is 0 Å². The van der Waals surface area contributed by atoms with E-state index in [-0.39, 0.29) is 0 Å². The fourth-order valence-electron chi connectivity index (χ4n) is 2.95. The zero-order valence-corrected chi connectivity index (χ0v) is 18.3. The van der Waals surface area contributed by atoms with Crippen LogP contribution < -0.4 is 0 Å². The summed E-state index contributed by atoms with van der Waals surface area (Å²) < 4.78 is 0. The third kappa shape index (κ3) is 8.00. The minimum Gasteiger partial charge on any atom is -0.143 e. The van der Waals surface area contributed by atoms with Crippen LogP contribution in [0.5, 0.6) is 0 Å². The molecule has 5 aromatic rings. The van der Waals surface area contributed by atoms with Crippen LogP contribution in [0.25, 0.3) is 22.3 Å². The lowest BCUT2D eigenvalue weighted by atomic mass is 10.1. The highest BCUT2D eigenvalue weighted by Gasteiger charge is 1.92. The molecule has 0 amide bonds. The predicted octanol–water partition coefficient (Wildman–Crippen LogP) is 8.68. The van der Waals surface area contributed by atoms with E-state index < -0.39 is 0 Å². The highest BCUT2D eigenvalue weighted by Crippen LogP contribution is 2.18. The van der Waals surface area contributed by atoms with Crippen LogP contribution in [0.15, 0.2) is 157 Å². The topological polar surface area (TPSA) is 0 Å². The lowest BCUT2D eigenvalue weighted by Gasteiger charge is -1.98. The number of hydrogen-bond donors (Lipinski definition) is 1. The van der Waals surface area contributed by atoms with E-state index in [0.717, 1.165) is 4.90 Å². The van der Waals surface area contributed by atoms with Gasteiger partial charge in [0.05, 0.1) is 0 Å². The molecule has 0 saturated carbocycles. The molecule has 0 N–H and O–H groups in total. The van der Waals surface area contributed by atoms with E-state index in [9.17, 15) is 0 Å². The molecule has 5 aromatic carbocycles. The molecule has 0 aromatic heterocycles. The first-order chi connectivity index (χ1) is 15.3. The maximum atomic E-state index is 4.08. The molecule has 31 heavy (non-hydrogen) atoms. The number of hydrogen-bond acceptors (Lipinski definition) is 1. The molecular weight excluding hydrogens is 392 g/mol. The molecule has 0 atom stereocenters. The quantitative estimate of drug-likeness (QED) is 0.272. The van der Waals surface area contributed by atoms with Gasteiger partial charge < -0.3 is 0 Å². The van der Waals surface area contributed by atoms with Crippen LogP contribution >= 0.6 is 12.6 Å². The smallest absolute Gasteiger partial charge is 0.00399 e. The van der Waals surface area contributed by atoms with Crippen molar-refractivity contribution in [3.8, 4) is 22.3 Å². The molecule has 5 rings (SSSR count). The molecule has 0 fully saturated rings. The Kier molecular flexibility index (Phi) is 9.21. The Balaban J connectivity index is 0.000000137. The van der Waals surface area contributed by atoms with E-state index in [1.807, 2.05) is 54.6 Å². The van der Waals surface area contributed by atoms with Crippen molar-refractivity contribution in [2.45, 2.75) is 4.90 Å². The first kappa shape index (κ1) is 22.1. The van der Waals surface area contributed by atoms with Gasteiger partial charge in [-0.1, -0.05) is 140 Å². The van der Waals surface area contributed by atoms with Crippen molar-refractivity contribution in [1.29, 1.82) is 0 Å². The summed E-state index contributed by atoms with van der Waals surface area (Å²) in [6.45, 7) is 0. The minimum absolute atomic E-state index is 1.02. The van der Waals surface area contributed by atoms with Crippen molar-refractivity contribution < 1.29 is 0 Å².